The Bertz CT molecular complexity index is 1610. The molecule has 0 aliphatic carbocycles. The van der Waals surface area contributed by atoms with E-state index in [0.717, 1.165) is 43.1 Å². The first kappa shape index (κ1) is 29.6. The molecule has 4 N–H and O–H groups in total. The minimum atomic E-state index is -0.400. The molecule has 0 saturated carbocycles. The summed E-state index contributed by atoms with van der Waals surface area (Å²) in [5.74, 6) is 0.246. The third-order valence-corrected chi connectivity index (χ3v) is 7.52. The van der Waals surface area contributed by atoms with Gasteiger partial charge in [0.15, 0.2) is 0 Å². The normalized spacial score (nSPS) is 13.2. The van der Waals surface area contributed by atoms with Gasteiger partial charge in [0.2, 0.25) is 5.95 Å². The van der Waals surface area contributed by atoms with E-state index in [0.29, 0.717) is 33.9 Å². The second kappa shape index (κ2) is 13.4. The quantitative estimate of drug-likeness (QED) is 0.145. The van der Waals surface area contributed by atoms with E-state index in [1.54, 1.807) is 12.1 Å². The van der Waals surface area contributed by atoms with Crippen LogP contribution in [0.15, 0.2) is 97.9 Å². The van der Waals surface area contributed by atoms with Crippen LogP contribution in [0.3, 0.4) is 0 Å². The minimum Gasteiger partial charge on any atom is -0.369 e. The van der Waals surface area contributed by atoms with Crippen molar-refractivity contribution < 1.29 is 4.79 Å². The average Bonchev–Trinajstić information content (AvgIpc) is 3.01. The van der Waals surface area contributed by atoms with Gasteiger partial charge < -0.3 is 31.1 Å². The van der Waals surface area contributed by atoms with Gasteiger partial charge in [0.25, 0.3) is 5.91 Å². The lowest BCUT2D eigenvalue weighted by Crippen LogP contribution is -2.44. The predicted molar refractivity (Wildman–Crippen MR) is 178 cm³/mol. The summed E-state index contributed by atoms with van der Waals surface area (Å²) < 4.78 is 0. The van der Waals surface area contributed by atoms with E-state index in [1.165, 1.54) is 11.9 Å². The molecule has 1 fully saturated rings. The van der Waals surface area contributed by atoms with Crippen LogP contribution in [0.5, 0.6) is 0 Å². The van der Waals surface area contributed by atoms with Crippen molar-refractivity contribution in [3.05, 3.63) is 114 Å². The number of likely N-dealkylation sites (N-methyl/N-ethyl adjacent to an activating group) is 1. The Morgan fingerprint density at radius 2 is 1.65 bits per heavy atom. The van der Waals surface area contributed by atoms with Crippen molar-refractivity contribution >= 4 is 57.7 Å². The molecule has 0 unspecified atom stereocenters. The maximum Gasteiger partial charge on any atom is 0.261 e. The Morgan fingerprint density at radius 1 is 0.930 bits per heavy atom. The number of allylic oxidation sites excluding steroid dienone is 1. The number of anilines is 7. The first-order chi connectivity index (χ1) is 20.8. The molecule has 220 valence electrons. The number of piperazine rings is 1. The standard InChI is InChI=1S/C33H35ClN8O/c1-5-23(3)36-28-11-6-7-12-29(28)38-31-26(32(43)39-30-22(2)9-8-10-27(30)34)21-35-33(40-31)37-24-13-15-25(16-14-24)42-19-17-41(4)18-20-42/h5-16,21,36H,1,3,17-20H2,2,4H3,(H,39,43)(H2,35,37,38,40). The van der Waals surface area contributed by atoms with Crippen LogP contribution in [0.4, 0.5) is 40.2 Å². The fraction of sp³-hybridized carbons (Fsp3) is 0.182. The highest BCUT2D eigenvalue weighted by Crippen LogP contribution is 2.30. The highest BCUT2D eigenvalue weighted by Gasteiger charge is 2.19. The molecule has 5 rings (SSSR count). The Balaban J connectivity index is 1.43. The first-order valence-corrected chi connectivity index (χ1v) is 14.4. The topological polar surface area (TPSA) is 97.5 Å². The van der Waals surface area contributed by atoms with Crippen LogP contribution in [-0.4, -0.2) is 54.0 Å². The number of carbonyl (C=O) groups is 1. The smallest absolute Gasteiger partial charge is 0.261 e. The fourth-order valence-electron chi connectivity index (χ4n) is 4.68. The summed E-state index contributed by atoms with van der Waals surface area (Å²) in [4.78, 5) is 27.5. The first-order valence-electron chi connectivity index (χ1n) is 14.0. The largest absolute Gasteiger partial charge is 0.369 e. The molecular weight excluding hydrogens is 560 g/mol. The molecule has 1 aliphatic rings. The number of nitrogens with zero attached hydrogens (tertiary/aromatic N) is 4. The van der Waals surface area contributed by atoms with Crippen molar-refractivity contribution in [3.63, 3.8) is 0 Å². The number of carbonyl (C=O) groups excluding carboxylic acids is 1. The number of rotatable bonds is 10. The second-order valence-electron chi connectivity index (χ2n) is 10.3. The molecule has 3 aromatic carbocycles. The SMILES string of the molecule is C=CC(=C)Nc1ccccc1Nc1nc(Nc2ccc(N3CCN(C)CC3)cc2)ncc1C(=O)Nc1c(C)cccc1Cl. The molecule has 0 atom stereocenters. The van der Waals surface area contributed by atoms with E-state index in [2.05, 4.69) is 68.4 Å². The van der Waals surface area contributed by atoms with Gasteiger partial charge in [-0.15, -0.1) is 0 Å². The maximum atomic E-state index is 13.6. The van der Waals surface area contributed by atoms with Crippen LogP contribution in [0.25, 0.3) is 0 Å². The zero-order chi connectivity index (χ0) is 30.3. The minimum absolute atomic E-state index is 0.243. The van der Waals surface area contributed by atoms with Gasteiger partial charge in [0.05, 0.1) is 22.1 Å². The number of para-hydroxylation sites is 3. The highest BCUT2D eigenvalue weighted by molar-refractivity contribution is 6.34. The zero-order valence-electron chi connectivity index (χ0n) is 24.3. The molecule has 1 amide bonds. The maximum absolute atomic E-state index is 13.6. The van der Waals surface area contributed by atoms with Crippen LogP contribution < -0.4 is 26.2 Å². The summed E-state index contributed by atoms with van der Waals surface area (Å²) >= 11 is 6.39. The summed E-state index contributed by atoms with van der Waals surface area (Å²) in [6.45, 7) is 13.7. The highest BCUT2D eigenvalue weighted by atomic mass is 35.5. The second-order valence-corrected chi connectivity index (χ2v) is 10.7. The Morgan fingerprint density at radius 3 is 2.35 bits per heavy atom. The van der Waals surface area contributed by atoms with Gasteiger partial charge in [0.1, 0.15) is 11.4 Å². The van der Waals surface area contributed by atoms with Crippen molar-refractivity contribution in [2.75, 3.05) is 59.4 Å². The number of hydrogen-bond acceptors (Lipinski definition) is 8. The summed E-state index contributed by atoms with van der Waals surface area (Å²) in [5, 5.41) is 13.2. The monoisotopic (exact) mass is 594 g/mol. The lowest BCUT2D eigenvalue weighted by atomic mass is 10.2. The number of aryl methyl sites for hydroxylation is 1. The number of aromatic nitrogens is 2. The van der Waals surface area contributed by atoms with Gasteiger partial charge in [-0.1, -0.05) is 49.0 Å². The van der Waals surface area contributed by atoms with E-state index >= 15 is 0 Å². The average molecular weight is 595 g/mol. The molecular formula is C33H35ClN8O. The molecule has 1 aliphatic heterocycles. The Labute approximate surface area is 257 Å². The number of benzene rings is 3. The molecule has 10 heteroatoms. The summed E-state index contributed by atoms with van der Waals surface area (Å²) in [6.07, 6.45) is 3.12. The molecule has 2 heterocycles. The Hall–Kier alpha value is -4.86. The van der Waals surface area contributed by atoms with E-state index < -0.39 is 5.91 Å². The molecule has 9 nitrogen and oxygen atoms in total. The summed E-state index contributed by atoms with van der Waals surface area (Å²) in [7, 11) is 2.15. The molecule has 4 aromatic rings. The van der Waals surface area contributed by atoms with Gasteiger partial charge in [-0.2, -0.15) is 4.98 Å². The lowest BCUT2D eigenvalue weighted by Gasteiger charge is -2.34. The van der Waals surface area contributed by atoms with Gasteiger partial charge >= 0.3 is 0 Å². The third kappa shape index (κ3) is 7.32. The van der Waals surface area contributed by atoms with Crippen molar-refractivity contribution in [3.8, 4) is 0 Å². The van der Waals surface area contributed by atoms with Gasteiger partial charge in [-0.3, -0.25) is 4.79 Å². The van der Waals surface area contributed by atoms with E-state index in [4.69, 9.17) is 16.6 Å². The number of hydrogen-bond donors (Lipinski definition) is 4. The van der Waals surface area contributed by atoms with Crippen molar-refractivity contribution in [1.29, 1.82) is 0 Å². The van der Waals surface area contributed by atoms with Crippen LogP contribution in [0.2, 0.25) is 5.02 Å². The molecule has 43 heavy (non-hydrogen) atoms. The fourth-order valence-corrected chi connectivity index (χ4v) is 4.95. The van der Waals surface area contributed by atoms with E-state index in [1.807, 2.05) is 55.5 Å². The van der Waals surface area contributed by atoms with Crippen LogP contribution >= 0.6 is 11.6 Å². The molecule has 1 aromatic heterocycles. The summed E-state index contributed by atoms with van der Waals surface area (Å²) in [5.41, 5.74) is 5.69. The molecule has 1 saturated heterocycles. The van der Waals surface area contributed by atoms with Gasteiger partial charge in [-0.25, -0.2) is 4.98 Å². The Kier molecular flexibility index (Phi) is 9.24. The molecule has 0 spiro atoms. The van der Waals surface area contributed by atoms with E-state index in [9.17, 15) is 4.79 Å². The van der Waals surface area contributed by atoms with Crippen molar-refractivity contribution in [2.24, 2.45) is 0 Å². The van der Waals surface area contributed by atoms with Crippen LogP contribution in [0, 0.1) is 6.92 Å². The number of amides is 1. The third-order valence-electron chi connectivity index (χ3n) is 7.21. The molecule has 0 bridgehead atoms. The van der Waals surface area contributed by atoms with Gasteiger partial charge in [0, 0.05) is 49.4 Å². The number of halogens is 1. The number of nitrogens with one attached hydrogen (secondary N) is 4. The van der Waals surface area contributed by atoms with Crippen LogP contribution in [0.1, 0.15) is 15.9 Å². The lowest BCUT2D eigenvalue weighted by molar-refractivity contribution is 0.102. The van der Waals surface area contributed by atoms with Crippen molar-refractivity contribution in [1.82, 2.24) is 14.9 Å². The van der Waals surface area contributed by atoms with Crippen molar-refractivity contribution in [2.45, 2.75) is 6.92 Å². The van der Waals surface area contributed by atoms with E-state index in [-0.39, 0.29) is 5.56 Å². The van der Waals surface area contributed by atoms with Crippen LogP contribution in [-0.2, 0) is 0 Å². The zero-order valence-corrected chi connectivity index (χ0v) is 25.1. The summed E-state index contributed by atoms with van der Waals surface area (Å²) in [6, 6.07) is 21.2. The predicted octanol–water partition coefficient (Wildman–Crippen LogP) is 7.04. The molecule has 0 radical (unpaired) electrons. The van der Waals surface area contributed by atoms with Gasteiger partial charge in [-0.05, 0) is 68.1 Å².